The van der Waals surface area contributed by atoms with Crippen molar-refractivity contribution < 1.29 is 19.4 Å². The summed E-state index contributed by atoms with van der Waals surface area (Å²) in [6.45, 7) is 6.36. The second kappa shape index (κ2) is 11.7. The Bertz CT molecular complexity index is 538. The summed E-state index contributed by atoms with van der Waals surface area (Å²) in [5.41, 5.74) is 0.126. The van der Waals surface area contributed by atoms with Crippen molar-refractivity contribution in [2.75, 3.05) is 0 Å². The molecule has 0 aliphatic heterocycles. The quantitative estimate of drug-likeness (QED) is 0.388. The van der Waals surface area contributed by atoms with E-state index in [1.54, 1.807) is 12.1 Å². The van der Waals surface area contributed by atoms with Crippen molar-refractivity contribution in [3.63, 3.8) is 0 Å². The second-order valence-corrected chi connectivity index (χ2v) is 6.74. The molecule has 25 heavy (non-hydrogen) atoms. The third-order valence-corrected chi connectivity index (χ3v) is 4.76. The number of carbonyl (C=O) groups is 2. The molecule has 0 saturated carbocycles. The minimum Gasteiger partial charge on any atom is -0.478 e. The van der Waals surface area contributed by atoms with Crippen LogP contribution in [0, 0.1) is 5.92 Å². The molecule has 4 heteroatoms. The number of hydrogen-bond donors (Lipinski definition) is 1. The van der Waals surface area contributed by atoms with Gasteiger partial charge < -0.3 is 9.84 Å². The fraction of sp³-hybridized carbons (Fsp3) is 0.619. The van der Waals surface area contributed by atoms with Crippen LogP contribution in [0.1, 0.15) is 92.9 Å². The van der Waals surface area contributed by atoms with Crippen molar-refractivity contribution in [1.82, 2.24) is 0 Å². The van der Waals surface area contributed by atoms with Crippen LogP contribution < -0.4 is 0 Å². The van der Waals surface area contributed by atoms with E-state index in [2.05, 4.69) is 20.8 Å². The molecule has 0 heterocycles. The van der Waals surface area contributed by atoms with E-state index < -0.39 is 11.9 Å². The molecule has 1 aromatic carbocycles. The van der Waals surface area contributed by atoms with Crippen LogP contribution in [-0.4, -0.2) is 23.1 Å². The first-order chi connectivity index (χ1) is 12.0. The normalized spacial score (nSPS) is 13.2. The number of benzene rings is 1. The molecule has 0 bridgehead atoms. The van der Waals surface area contributed by atoms with E-state index in [4.69, 9.17) is 4.74 Å². The lowest BCUT2D eigenvalue weighted by Gasteiger charge is -2.23. The Morgan fingerprint density at radius 2 is 1.60 bits per heavy atom. The van der Waals surface area contributed by atoms with Crippen molar-refractivity contribution in [3.8, 4) is 0 Å². The lowest BCUT2D eigenvalue weighted by atomic mass is 9.96. The van der Waals surface area contributed by atoms with Gasteiger partial charge in [0, 0.05) is 0 Å². The largest absolute Gasteiger partial charge is 0.478 e. The third-order valence-electron chi connectivity index (χ3n) is 4.76. The number of unbranched alkanes of at least 4 members (excludes halogenated alkanes) is 5. The lowest BCUT2D eigenvalue weighted by molar-refractivity contribution is 0.0119. The third kappa shape index (κ3) is 7.29. The maximum absolute atomic E-state index is 12.5. The van der Waals surface area contributed by atoms with Crippen LogP contribution in [0.4, 0.5) is 0 Å². The Morgan fingerprint density at radius 1 is 1.00 bits per heavy atom. The summed E-state index contributed by atoms with van der Waals surface area (Å²) in [5.74, 6) is -1.38. The molecule has 0 aliphatic rings. The van der Waals surface area contributed by atoms with Crippen molar-refractivity contribution >= 4 is 11.9 Å². The molecule has 1 N–H and O–H groups in total. The van der Waals surface area contributed by atoms with Gasteiger partial charge in [0.05, 0.1) is 11.1 Å². The van der Waals surface area contributed by atoms with Gasteiger partial charge in [-0.1, -0.05) is 71.4 Å². The molecule has 0 radical (unpaired) electrons. The first kappa shape index (κ1) is 21.2. The Balaban J connectivity index is 2.65. The highest BCUT2D eigenvalue weighted by Gasteiger charge is 2.23. The van der Waals surface area contributed by atoms with Gasteiger partial charge in [-0.2, -0.15) is 0 Å². The Morgan fingerprint density at radius 3 is 2.20 bits per heavy atom. The van der Waals surface area contributed by atoms with Crippen LogP contribution in [0.5, 0.6) is 0 Å². The van der Waals surface area contributed by atoms with E-state index >= 15 is 0 Å². The minimum absolute atomic E-state index is 0.00466. The molecule has 2 atom stereocenters. The number of carboxylic acids is 1. The number of esters is 1. The average Bonchev–Trinajstić information content (AvgIpc) is 2.62. The van der Waals surface area contributed by atoms with Gasteiger partial charge in [-0.15, -0.1) is 0 Å². The molecule has 1 rings (SSSR count). The van der Waals surface area contributed by atoms with Gasteiger partial charge in [0.2, 0.25) is 0 Å². The number of rotatable bonds is 12. The molecule has 140 valence electrons. The summed E-state index contributed by atoms with van der Waals surface area (Å²) in [6.07, 6.45) is 8.77. The first-order valence-electron chi connectivity index (χ1n) is 9.54. The molecule has 0 aliphatic carbocycles. The van der Waals surface area contributed by atoms with Gasteiger partial charge in [-0.3, -0.25) is 0 Å². The average molecular weight is 348 g/mol. The lowest BCUT2D eigenvalue weighted by Crippen LogP contribution is -2.26. The van der Waals surface area contributed by atoms with Crippen LogP contribution in [0.3, 0.4) is 0 Å². The monoisotopic (exact) mass is 348 g/mol. The smallest absolute Gasteiger partial charge is 0.339 e. The highest BCUT2D eigenvalue weighted by Crippen LogP contribution is 2.21. The molecule has 4 nitrogen and oxygen atoms in total. The molecule has 0 aromatic heterocycles. The van der Waals surface area contributed by atoms with Crippen molar-refractivity contribution in [2.45, 2.75) is 78.2 Å². The van der Waals surface area contributed by atoms with Crippen molar-refractivity contribution in [2.24, 2.45) is 5.92 Å². The Kier molecular flexibility index (Phi) is 9.90. The zero-order valence-electron chi connectivity index (χ0n) is 15.8. The number of carbonyl (C=O) groups excluding carboxylic acids is 1. The maximum Gasteiger partial charge on any atom is 0.339 e. The van der Waals surface area contributed by atoms with Crippen LogP contribution in [-0.2, 0) is 4.74 Å². The van der Waals surface area contributed by atoms with Gasteiger partial charge in [-0.25, -0.2) is 9.59 Å². The van der Waals surface area contributed by atoms with Crippen LogP contribution in [0.25, 0.3) is 0 Å². The zero-order valence-corrected chi connectivity index (χ0v) is 15.8. The molecular formula is C21H32O4. The standard InChI is InChI=1S/C21H32O4/c1-4-6-7-8-9-10-15-19(16(3)5-2)25-21(24)18-14-12-11-13-17(18)20(22)23/h11-14,16,19H,4-10,15H2,1-3H3,(H,22,23). The van der Waals surface area contributed by atoms with E-state index in [0.29, 0.717) is 0 Å². The zero-order chi connectivity index (χ0) is 18.7. The Labute approximate surface area is 151 Å². The van der Waals surface area contributed by atoms with E-state index in [1.165, 1.54) is 37.8 Å². The summed E-state index contributed by atoms with van der Waals surface area (Å²) in [7, 11) is 0. The Hall–Kier alpha value is -1.84. The number of hydrogen-bond acceptors (Lipinski definition) is 3. The summed E-state index contributed by atoms with van der Waals surface area (Å²) in [5, 5.41) is 9.24. The fourth-order valence-electron chi connectivity index (χ4n) is 2.90. The van der Waals surface area contributed by atoms with Gasteiger partial charge in [0.25, 0.3) is 0 Å². The molecular weight excluding hydrogens is 316 g/mol. The molecule has 2 unspecified atom stereocenters. The molecule has 0 fully saturated rings. The van der Waals surface area contributed by atoms with Crippen molar-refractivity contribution in [3.05, 3.63) is 35.4 Å². The predicted octanol–water partition coefficient (Wildman–Crippen LogP) is 5.71. The summed E-state index contributed by atoms with van der Waals surface area (Å²) in [4.78, 5) is 23.8. The fourth-order valence-corrected chi connectivity index (χ4v) is 2.90. The summed E-state index contributed by atoms with van der Waals surface area (Å²) < 4.78 is 5.71. The SMILES string of the molecule is CCCCCCCCC(OC(=O)c1ccccc1C(=O)O)C(C)CC. The van der Waals surface area contributed by atoms with E-state index in [9.17, 15) is 14.7 Å². The molecule has 0 amide bonds. The van der Waals surface area contributed by atoms with Crippen LogP contribution in [0.15, 0.2) is 24.3 Å². The van der Waals surface area contributed by atoms with Crippen molar-refractivity contribution in [1.29, 1.82) is 0 Å². The summed E-state index contributed by atoms with van der Waals surface area (Å²) in [6, 6.07) is 6.23. The predicted molar refractivity (Wildman–Crippen MR) is 100 cm³/mol. The van der Waals surface area contributed by atoms with E-state index in [1.807, 2.05) is 0 Å². The van der Waals surface area contributed by atoms with Gasteiger partial charge in [-0.05, 0) is 30.9 Å². The number of ether oxygens (including phenoxy) is 1. The van der Waals surface area contributed by atoms with E-state index in [0.717, 1.165) is 25.7 Å². The minimum atomic E-state index is -1.11. The first-order valence-corrected chi connectivity index (χ1v) is 9.54. The number of aromatic carboxylic acids is 1. The van der Waals surface area contributed by atoms with E-state index in [-0.39, 0.29) is 23.1 Å². The molecule has 0 saturated heterocycles. The number of carboxylic acid groups (broad SMARTS) is 1. The maximum atomic E-state index is 12.5. The molecule has 1 aromatic rings. The van der Waals surface area contributed by atoms with Gasteiger partial charge in [0.15, 0.2) is 0 Å². The second-order valence-electron chi connectivity index (χ2n) is 6.74. The topological polar surface area (TPSA) is 63.6 Å². The van der Waals surface area contributed by atoms with Crippen LogP contribution in [0.2, 0.25) is 0 Å². The summed E-state index contributed by atoms with van der Waals surface area (Å²) >= 11 is 0. The molecule has 0 spiro atoms. The van der Waals surface area contributed by atoms with Gasteiger partial charge in [0.1, 0.15) is 6.10 Å². The highest BCUT2D eigenvalue weighted by atomic mass is 16.5. The van der Waals surface area contributed by atoms with Gasteiger partial charge >= 0.3 is 11.9 Å². The van der Waals surface area contributed by atoms with Crippen LogP contribution >= 0.6 is 0 Å². The highest BCUT2D eigenvalue weighted by molar-refractivity contribution is 6.02.